The van der Waals surface area contributed by atoms with Gasteiger partial charge in [0.25, 0.3) is 0 Å². The Balaban J connectivity index is 5.25. The minimum atomic E-state index is -4.96. The van der Waals surface area contributed by atoms with E-state index in [1.807, 2.05) is 0 Å². The third-order valence-corrected chi connectivity index (χ3v) is 19.3. The van der Waals surface area contributed by atoms with E-state index in [0.717, 1.165) is 108 Å². The highest BCUT2D eigenvalue weighted by Gasteiger charge is 2.30. The fourth-order valence-corrected chi connectivity index (χ4v) is 13.0. The molecule has 0 amide bonds. The van der Waals surface area contributed by atoms with Crippen LogP contribution in [0.4, 0.5) is 0 Å². The van der Waals surface area contributed by atoms with Crippen LogP contribution >= 0.6 is 15.6 Å². The molecule has 19 heteroatoms. The summed E-state index contributed by atoms with van der Waals surface area (Å²) in [5.74, 6) is 0.139. The zero-order valence-electron chi connectivity index (χ0n) is 61.4. The second-order valence-corrected chi connectivity index (χ2v) is 31.4. The molecule has 0 bridgehead atoms. The predicted octanol–water partition coefficient (Wildman–Crippen LogP) is 21.8. The fourth-order valence-electron chi connectivity index (χ4n) is 11.4. The van der Waals surface area contributed by atoms with E-state index in [4.69, 9.17) is 37.0 Å². The van der Waals surface area contributed by atoms with Crippen LogP contribution in [-0.2, 0) is 65.4 Å². The van der Waals surface area contributed by atoms with Crippen LogP contribution in [0.1, 0.15) is 382 Å². The van der Waals surface area contributed by atoms with Crippen LogP contribution in [0.3, 0.4) is 0 Å². The summed E-state index contributed by atoms with van der Waals surface area (Å²) in [7, 11) is -9.91. The second-order valence-electron chi connectivity index (χ2n) is 28.5. The van der Waals surface area contributed by atoms with Gasteiger partial charge >= 0.3 is 39.5 Å². The summed E-state index contributed by atoms with van der Waals surface area (Å²) >= 11 is 0. The van der Waals surface area contributed by atoms with E-state index in [2.05, 4.69) is 48.5 Å². The first-order valence-electron chi connectivity index (χ1n) is 38.8. The molecular formula is C75H146O17P2. The summed E-state index contributed by atoms with van der Waals surface area (Å²) in [6, 6.07) is 0. The summed E-state index contributed by atoms with van der Waals surface area (Å²) in [6.45, 7) is 11.9. The topological polar surface area (TPSA) is 237 Å². The first-order chi connectivity index (χ1) is 45.2. The van der Waals surface area contributed by atoms with Gasteiger partial charge in [0.15, 0.2) is 12.2 Å². The smallest absolute Gasteiger partial charge is 0.462 e. The summed E-state index contributed by atoms with van der Waals surface area (Å²) < 4.78 is 68.5. The van der Waals surface area contributed by atoms with Crippen molar-refractivity contribution in [2.45, 2.75) is 401 Å². The lowest BCUT2D eigenvalue weighted by molar-refractivity contribution is -0.161. The summed E-state index contributed by atoms with van der Waals surface area (Å²) in [4.78, 5) is 72.8. The number of ether oxygens (including phenoxy) is 4. The Morgan fingerprint density at radius 3 is 0.723 bits per heavy atom. The lowest BCUT2D eigenvalue weighted by Gasteiger charge is -2.21. The molecule has 0 heterocycles. The molecule has 0 fully saturated rings. The second kappa shape index (κ2) is 65.7. The van der Waals surface area contributed by atoms with Crippen molar-refractivity contribution in [2.75, 3.05) is 39.6 Å². The number of carbonyl (C=O) groups is 4. The zero-order valence-corrected chi connectivity index (χ0v) is 63.2. The maximum Gasteiger partial charge on any atom is 0.472 e. The normalized spacial score (nSPS) is 14.1. The van der Waals surface area contributed by atoms with Gasteiger partial charge in [0, 0.05) is 25.7 Å². The average Bonchev–Trinajstić information content (AvgIpc) is 1.24. The fraction of sp³-hybridized carbons (Fsp3) is 0.947. The van der Waals surface area contributed by atoms with Gasteiger partial charge in [-0.1, -0.05) is 331 Å². The standard InChI is InChI=1S/C75H146O17P2/c1-8-9-10-11-12-13-14-15-19-22-27-35-42-49-56-72(77)85-62-70(91-74(79)58-51-44-37-28-23-20-17-16-18-21-25-32-39-46-53-66(2)3)64-89-93(81,82)87-60-69(76)61-88-94(83,84)90-65-71(63-86-73(78)57-50-43-36-31-30-34-41-48-55-68(6)7)92-75(80)59-52-45-38-29-24-26-33-40-47-54-67(4)5/h66-71,76H,8-65H2,1-7H3,(H,81,82)(H,83,84)/t69-,70-,71-/m1/s1. The number of esters is 4. The first kappa shape index (κ1) is 92.1. The Kier molecular flexibility index (Phi) is 64.3. The summed E-state index contributed by atoms with van der Waals surface area (Å²) in [5.41, 5.74) is 0. The number of hydrogen-bond acceptors (Lipinski definition) is 15. The molecular weight excluding hydrogens is 1230 g/mol. The average molecular weight is 1380 g/mol. The van der Waals surface area contributed by atoms with Crippen LogP contribution in [-0.4, -0.2) is 96.7 Å². The van der Waals surface area contributed by atoms with E-state index in [-0.39, 0.29) is 25.7 Å². The van der Waals surface area contributed by atoms with Crippen LogP contribution in [0.25, 0.3) is 0 Å². The Bertz CT molecular complexity index is 1840. The van der Waals surface area contributed by atoms with E-state index in [1.165, 1.54) is 193 Å². The van der Waals surface area contributed by atoms with Crippen molar-refractivity contribution in [2.24, 2.45) is 17.8 Å². The van der Waals surface area contributed by atoms with Crippen molar-refractivity contribution < 1.29 is 80.2 Å². The van der Waals surface area contributed by atoms with Crippen LogP contribution < -0.4 is 0 Å². The number of aliphatic hydroxyl groups excluding tert-OH is 1. The molecule has 0 aliphatic rings. The van der Waals surface area contributed by atoms with E-state index < -0.39 is 97.5 Å². The van der Waals surface area contributed by atoms with Crippen molar-refractivity contribution >= 4 is 39.5 Å². The van der Waals surface area contributed by atoms with Gasteiger partial charge in [-0.2, -0.15) is 0 Å². The van der Waals surface area contributed by atoms with Crippen LogP contribution in [0, 0.1) is 17.8 Å². The van der Waals surface area contributed by atoms with Gasteiger partial charge in [-0.25, -0.2) is 9.13 Å². The van der Waals surface area contributed by atoms with Crippen LogP contribution in [0.5, 0.6) is 0 Å². The van der Waals surface area contributed by atoms with Crippen LogP contribution in [0.15, 0.2) is 0 Å². The minimum Gasteiger partial charge on any atom is -0.462 e. The molecule has 2 unspecified atom stereocenters. The van der Waals surface area contributed by atoms with Gasteiger partial charge in [-0.3, -0.25) is 37.3 Å². The molecule has 0 aliphatic carbocycles. The first-order valence-corrected chi connectivity index (χ1v) is 41.8. The van der Waals surface area contributed by atoms with Gasteiger partial charge in [0.2, 0.25) is 0 Å². The molecule has 17 nitrogen and oxygen atoms in total. The van der Waals surface area contributed by atoms with Crippen molar-refractivity contribution in [3.05, 3.63) is 0 Å². The quantitative estimate of drug-likeness (QED) is 0.0222. The molecule has 0 aromatic carbocycles. The largest absolute Gasteiger partial charge is 0.472 e. The zero-order chi connectivity index (χ0) is 69.4. The van der Waals surface area contributed by atoms with Crippen molar-refractivity contribution in [1.29, 1.82) is 0 Å². The summed E-state index contributed by atoms with van der Waals surface area (Å²) in [5, 5.41) is 10.6. The molecule has 558 valence electrons. The molecule has 94 heavy (non-hydrogen) atoms. The van der Waals surface area contributed by atoms with E-state index >= 15 is 0 Å². The molecule has 0 radical (unpaired) electrons. The lowest BCUT2D eigenvalue weighted by Crippen LogP contribution is -2.30. The Morgan fingerprint density at radius 2 is 0.489 bits per heavy atom. The number of carbonyl (C=O) groups excluding carboxylic acids is 4. The SMILES string of the molecule is CCCCCCCCCCCCCCCCC(=O)OC[C@H](COP(=O)(O)OC[C@@H](O)COP(=O)(O)OC[C@@H](COC(=O)CCCCCCCCCCC(C)C)OC(=O)CCCCCCCCCCCC(C)C)OC(=O)CCCCCCCCCCCCCCCCC(C)C. The Hall–Kier alpha value is -1.94. The molecule has 0 aromatic rings. The van der Waals surface area contributed by atoms with Crippen molar-refractivity contribution in [1.82, 2.24) is 0 Å². The van der Waals surface area contributed by atoms with Gasteiger partial charge in [0.1, 0.15) is 19.3 Å². The molecule has 0 saturated carbocycles. The van der Waals surface area contributed by atoms with Gasteiger partial charge in [-0.05, 0) is 43.4 Å². The van der Waals surface area contributed by atoms with E-state index in [1.54, 1.807) is 0 Å². The highest BCUT2D eigenvalue weighted by Crippen LogP contribution is 2.45. The molecule has 0 aliphatic heterocycles. The highest BCUT2D eigenvalue weighted by atomic mass is 31.2. The van der Waals surface area contributed by atoms with Gasteiger partial charge in [-0.15, -0.1) is 0 Å². The number of aliphatic hydroxyl groups is 1. The maximum atomic E-state index is 13.1. The predicted molar refractivity (Wildman–Crippen MR) is 381 cm³/mol. The van der Waals surface area contributed by atoms with Gasteiger partial charge in [0.05, 0.1) is 26.4 Å². The van der Waals surface area contributed by atoms with Crippen molar-refractivity contribution in [3.8, 4) is 0 Å². The summed E-state index contributed by atoms with van der Waals surface area (Å²) in [6.07, 6.45) is 51.3. The number of unbranched alkanes of at least 4 members (excludes halogenated alkanes) is 41. The van der Waals surface area contributed by atoms with E-state index in [9.17, 15) is 43.2 Å². The van der Waals surface area contributed by atoms with Gasteiger partial charge < -0.3 is 33.8 Å². The van der Waals surface area contributed by atoms with E-state index in [0.29, 0.717) is 25.7 Å². The number of phosphoric acid groups is 2. The maximum absolute atomic E-state index is 13.1. The van der Waals surface area contributed by atoms with Crippen molar-refractivity contribution in [3.63, 3.8) is 0 Å². The molecule has 5 atom stereocenters. The molecule has 0 aromatic heterocycles. The molecule has 0 spiro atoms. The molecule has 0 rings (SSSR count). The number of phosphoric ester groups is 2. The van der Waals surface area contributed by atoms with Crippen LogP contribution in [0.2, 0.25) is 0 Å². The number of hydrogen-bond donors (Lipinski definition) is 3. The third kappa shape index (κ3) is 68.6. The minimum absolute atomic E-state index is 0.105. The Morgan fingerprint density at radius 1 is 0.287 bits per heavy atom. The lowest BCUT2D eigenvalue weighted by atomic mass is 10.0. The monoisotopic (exact) mass is 1380 g/mol. The highest BCUT2D eigenvalue weighted by molar-refractivity contribution is 7.47. The third-order valence-electron chi connectivity index (χ3n) is 17.4. The molecule has 3 N–H and O–H groups in total. The number of rotatable bonds is 73. The Labute approximate surface area is 575 Å². The molecule has 0 saturated heterocycles.